The maximum atomic E-state index is 5.39. The van der Waals surface area contributed by atoms with Crippen molar-refractivity contribution in [2.24, 2.45) is 0 Å². The molecule has 2 rings (SSSR count). The van der Waals surface area contributed by atoms with E-state index in [0.29, 0.717) is 0 Å². The number of para-hydroxylation sites is 2. The molecular formula is C16H20O2P2. The van der Waals surface area contributed by atoms with Crippen LogP contribution < -0.4 is 20.1 Å². The lowest BCUT2D eigenvalue weighted by atomic mass is 10.3. The minimum absolute atomic E-state index is 0.800. The first-order chi connectivity index (χ1) is 9.85. The van der Waals surface area contributed by atoms with Gasteiger partial charge in [-0.05, 0) is 24.5 Å². The van der Waals surface area contributed by atoms with Crippen molar-refractivity contribution in [3.8, 4) is 11.5 Å². The van der Waals surface area contributed by atoms with Crippen LogP contribution in [0.1, 0.15) is 0 Å². The van der Waals surface area contributed by atoms with E-state index < -0.39 is 0 Å². The van der Waals surface area contributed by atoms with Gasteiger partial charge >= 0.3 is 0 Å². The standard InChI is InChI=1S/C16H20O2P2/c1-17-13-7-3-5-9-15(13)19-11-12-20-16-10-6-4-8-14(16)18-2/h3-10,19-20H,11-12H2,1-2H3. The fraction of sp³-hybridized carbons (Fsp3) is 0.250. The maximum absolute atomic E-state index is 5.39. The average molecular weight is 306 g/mol. The van der Waals surface area contributed by atoms with Gasteiger partial charge in [-0.15, -0.1) is 0 Å². The van der Waals surface area contributed by atoms with Gasteiger partial charge in [0.1, 0.15) is 11.5 Å². The molecule has 0 aromatic heterocycles. The number of rotatable bonds is 7. The van der Waals surface area contributed by atoms with Gasteiger partial charge in [-0.3, -0.25) is 0 Å². The second kappa shape index (κ2) is 8.25. The van der Waals surface area contributed by atoms with E-state index in [1.54, 1.807) is 14.2 Å². The van der Waals surface area contributed by atoms with E-state index in [1.165, 1.54) is 22.9 Å². The number of hydrogen-bond donors (Lipinski definition) is 0. The van der Waals surface area contributed by atoms with E-state index in [2.05, 4.69) is 24.3 Å². The Morgan fingerprint density at radius 1 is 0.700 bits per heavy atom. The Hall–Kier alpha value is -1.10. The zero-order valence-corrected chi connectivity index (χ0v) is 13.8. The molecule has 0 heterocycles. The Morgan fingerprint density at radius 3 is 1.50 bits per heavy atom. The third-order valence-corrected chi connectivity index (χ3v) is 6.06. The molecule has 0 fully saturated rings. The maximum Gasteiger partial charge on any atom is 0.126 e. The molecule has 2 atom stereocenters. The number of methoxy groups -OCH3 is 2. The summed E-state index contributed by atoms with van der Waals surface area (Å²) in [4.78, 5) is 0. The van der Waals surface area contributed by atoms with E-state index in [4.69, 9.17) is 9.47 Å². The van der Waals surface area contributed by atoms with Gasteiger partial charge in [0, 0.05) is 10.6 Å². The molecule has 0 saturated carbocycles. The monoisotopic (exact) mass is 306 g/mol. The highest BCUT2D eigenvalue weighted by molar-refractivity contribution is 7.51. The minimum atomic E-state index is 0.800. The Balaban J connectivity index is 1.84. The first-order valence-electron chi connectivity index (χ1n) is 6.59. The molecule has 0 saturated heterocycles. The van der Waals surface area contributed by atoms with Crippen LogP contribution in [0.5, 0.6) is 11.5 Å². The highest BCUT2D eigenvalue weighted by Gasteiger charge is 2.03. The van der Waals surface area contributed by atoms with Gasteiger partial charge in [0.2, 0.25) is 0 Å². The van der Waals surface area contributed by atoms with Crippen LogP contribution in [-0.2, 0) is 0 Å². The van der Waals surface area contributed by atoms with E-state index in [9.17, 15) is 0 Å². The number of hydrogen-bond acceptors (Lipinski definition) is 2. The molecule has 0 N–H and O–H groups in total. The summed E-state index contributed by atoms with van der Waals surface area (Å²) in [5, 5.41) is 2.64. The predicted molar refractivity (Wildman–Crippen MR) is 91.6 cm³/mol. The summed E-state index contributed by atoms with van der Waals surface area (Å²) in [7, 11) is 5.07. The van der Waals surface area contributed by atoms with Crippen LogP contribution in [0.15, 0.2) is 48.5 Å². The van der Waals surface area contributed by atoms with Gasteiger partial charge in [0.25, 0.3) is 0 Å². The summed E-state index contributed by atoms with van der Waals surface area (Å²) in [6, 6.07) is 16.6. The van der Waals surface area contributed by atoms with Crippen LogP contribution in [0.3, 0.4) is 0 Å². The molecule has 0 radical (unpaired) electrons. The minimum Gasteiger partial charge on any atom is -0.496 e. The van der Waals surface area contributed by atoms with Crippen LogP contribution >= 0.6 is 17.2 Å². The quantitative estimate of drug-likeness (QED) is 0.578. The molecule has 2 nitrogen and oxygen atoms in total. The SMILES string of the molecule is COc1ccccc1PCCPc1ccccc1OC. The van der Waals surface area contributed by atoms with Crippen LogP contribution in [-0.4, -0.2) is 26.5 Å². The Morgan fingerprint density at radius 2 is 1.10 bits per heavy atom. The average Bonchev–Trinajstić information content (AvgIpc) is 2.52. The summed E-state index contributed by atoms with van der Waals surface area (Å²) in [6.07, 6.45) is 2.38. The van der Waals surface area contributed by atoms with E-state index in [1.807, 2.05) is 24.3 Å². The molecule has 106 valence electrons. The highest BCUT2D eigenvalue weighted by Crippen LogP contribution is 2.24. The lowest BCUT2D eigenvalue weighted by molar-refractivity contribution is 0.418. The van der Waals surface area contributed by atoms with Crippen LogP contribution in [0.4, 0.5) is 0 Å². The normalized spacial score (nSPS) is 11.5. The van der Waals surface area contributed by atoms with Crippen molar-refractivity contribution < 1.29 is 9.47 Å². The molecule has 2 unspecified atom stereocenters. The second-order valence-electron chi connectivity index (χ2n) is 4.25. The van der Waals surface area contributed by atoms with E-state index >= 15 is 0 Å². The molecule has 20 heavy (non-hydrogen) atoms. The fourth-order valence-corrected chi connectivity index (χ4v) is 4.66. The molecule has 4 heteroatoms. The molecule has 0 spiro atoms. The van der Waals surface area contributed by atoms with Crippen LogP contribution in [0.2, 0.25) is 0 Å². The van der Waals surface area contributed by atoms with Gasteiger partial charge in [-0.25, -0.2) is 0 Å². The summed E-state index contributed by atoms with van der Waals surface area (Å²) >= 11 is 0. The van der Waals surface area contributed by atoms with Gasteiger partial charge in [0.05, 0.1) is 14.2 Å². The van der Waals surface area contributed by atoms with Crippen LogP contribution in [0, 0.1) is 0 Å². The van der Waals surface area contributed by atoms with Crippen LogP contribution in [0.25, 0.3) is 0 Å². The first-order valence-corrected chi connectivity index (χ1v) is 9.00. The van der Waals surface area contributed by atoms with Crippen molar-refractivity contribution in [3.05, 3.63) is 48.5 Å². The fourth-order valence-electron chi connectivity index (χ4n) is 1.98. The third kappa shape index (κ3) is 4.20. The zero-order valence-electron chi connectivity index (χ0n) is 11.8. The third-order valence-electron chi connectivity index (χ3n) is 2.97. The largest absolute Gasteiger partial charge is 0.496 e. The van der Waals surface area contributed by atoms with Crippen molar-refractivity contribution >= 4 is 27.8 Å². The Bertz CT molecular complexity index is 494. The number of ether oxygens (including phenoxy) is 2. The van der Waals surface area contributed by atoms with Crippen molar-refractivity contribution in [2.75, 3.05) is 26.5 Å². The molecule has 0 aliphatic carbocycles. The summed E-state index contributed by atoms with van der Waals surface area (Å²) < 4.78 is 10.8. The molecule has 0 aliphatic heterocycles. The van der Waals surface area contributed by atoms with Gasteiger partial charge < -0.3 is 9.47 Å². The van der Waals surface area contributed by atoms with Crippen molar-refractivity contribution in [1.82, 2.24) is 0 Å². The predicted octanol–water partition coefficient (Wildman–Crippen LogP) is 3.01. The Kier molecular flexibility index (Phi) is 6.30. The molecule has 2 aromatic carbocycles. The van der Waals surface area contributed by atoms with Crippen molar-refractivity contribution in [1.29, 1.82) is 0 Å². The smallest absolute Gasteiger partial charge is 0.126 e. The molecule has 0 bridgehead atoms. The summed E-state index contributed by atoms with van der Waals surface area (Å²) in [5.74, 6) is 2.01. The second-order valence-corrected chi connectivity index (χ2v) is 7.04. The highest BCUT2D eigenvalue weighted by atomic mass is 31.1. The molecular weight excluding hydrogens is 286 g/mol. The Labute approximate surface area is 124 Å². The zero-order chi connectivity index (χ0) is 14.2. The summed E-state index contributed by atoms with van der Waals surface area (Å²) in [5.41, 5.74) is 0. The first kappa shape index (κ1) is 15.3. The number of benzene rings is 2. The lowest BCUT2D eigenvalue weighted by Crippen LogP contribution is -2.04. The van der Waals surface area contributed by atoms with Crippen molar-refractivity contribution in [2.45, 2.75) is 0 Å². The van der Waals surface area contributed by atoms with Gasteiger partial charge in [-0.1, -0.05) is 53.6 Å². The molecule has 2 aromatic rings. The summed E-state index contributed by atoms with van der Waals surface area (Å²) in [6.45, 7) is 0. The van der Waals surface area contributed by atoms with Gasteiger partial charge in [-0.2, -0.15) is 0 Å². The van der Waals surface area contributed by atoms with Gasteiger partial charge in [0.15, 0.2) is 0 Å². The molecule has 0 aliphatic rings. The molecule has 0 amide bonds. The topological polar surface area (TPSA) is 18.5 Å². The van der Waals surface area contributed by atoms with Crippen molar-refractivity contribution in [3.63, 3.8) is 0 Å². The lowest BCUT2D eigenvalue weighted by Gasteiger charge is -2.09. The van der Waals surface area contributed by atoms with E-state index in [-0.39, 0.29) is 0 Å². The van der Waals surface area contributed by atoms with E-state index in [0.717, 1.165) is 28.7 Å².